The molecule has 10 N–H and O–H groups in total. The quantitative estimate of drug-likeness (QED) is 0.0234. The molecule has 2 aromatic rings. The number of nitrogens with one attached hydrogen (secondary N) is 10. The molecule has 0 aliphatic rings. The lowest BCUT2D eigenvalue weighted by Gasteiger charge is -2.26. The second-order valence-electron chi connectivity index (χ2n) is 21.6. The maximum absolute atomic E-state index is 14.5. The topological polar surface area (TPSA) is 361 Å². The Morgan fingerprint density at radius 3 is 1.37 bits per heavy atom. The number of ether oxygens (including phenoxy) is 2. The second-order valence-corrected chi connectivity index (χ2v) is 25.1. The standard InChI is InChI=1S/C58H86B2N10O15P2/c1-36(2)27-43(54(79)64-34-51(76)86(7)59)68-57(82)45(30-39-15-11-9-12-16-39)67-50(75)33-62-47(72)22-20-42(66-48(73)21-19-41(29-38(5)71)53(78)63-32-49(74)61-23-24-85-26-25-84-6)56(81)70-46(31-40-17-13-10-14-18-40)58(83)69-44(28-37(3)4)55(80)65-35-52(77)87(8)60/h9-18,36-37,41-46H,19-35H2,1-8H3,(H,61,74)(H,62,72)(H,63,78)(H,64,79)(H,65,80)(H,66,73)(H,67,75)(H,68,82)(H,69,83)(H,70,81). The lowest BCUT2D eigenvalue weighted by molar-refractivity contribution is -0.134. The van der Waals surface area contributed by atoms with Gasteiger partial charge in [-0.15, -0.1) is 0 Å². The van der Waals surface area contributed by atoms with Gasteiger partial charge in [0.15, 0.2) is 11.0 Å². The summed E-state index contributed by atoms with van der Waals surface area (Å²) in [6.07, 6.45) is -1.74. The molecule has 2 rings (SSSR count). The highest BCUT2D eigenvalue weighted by Gasteiger charge is 2.33. The van der Waals surface area contributed by atoms with E-state index in [1.165, 1.54) is 27.4 Å². The molecule has 29 heteroatoms. The van der Waals surface area contributed by atoms with Gasteiger partial charge in [0.2, 0.25) is 59.1 Å². The molecular weight excluding hydrogens is 1160 g/mol. The first kappa shape index (κ1) is 76.2. The number of hydrogen-bond acceptors (Lipinski definition) is 15. The lowest BCUT2D eigenvalue weighted by atomic mass is 9.96. The molecule has 0 aromatic heterocycles. The molecule has 0 saturated heterocycles. The maximum atomic E-state index is 14.5. The molecular formula is C58H86B2N10O15P2. The van der Waals surface area contributed by atoms with Crippen molar-refractivity contribution in [1.29, 1.82) is 0 Å². The Balaban J connectivity index is 2.43. The highest BCUT2D eigenvalue weighted by molar-refractivity contribution is 7.95. The van der Waals surface area contributed by atoms with E-state index >= 15 is 0 Å². The minimum absolute atomic E-state index is 0.0287. The Morgan fingerprint density at radius 2 is 0.897 bits per heavy atom. The van der Waals surface area contributed by atoms with Crippen molar-refractivity contribution in [1.82, 2.24) is 53.2 Å². The van der Waals surface area contributed by atoms with Crippen LogP contribution in [0.1, 0.15) is 90.7 Å². The fourth-order valence-corrected chi connectivity index (χ4v) is 9.00. The second kappa shape index (κ2) is 42.0. The van der Waals surface area contributed by atoms with Gasteiger partial charge in [-0.2, -0.15) is 0 Å². The van der Waals surface area contributed by atoms with Crippen LogP contribution in [0, 0.1) is 17.8 Å². The van der Waals surface area contributed by atoms with Crippen LogP contribution in [-0.4, -0.2) is 194 Å². The van der Waals surface area contributed by atoms with Crippen molar-refractivity contribution in [2.45, 2.75) is 123 Å². The number of methoxy groups -OCH3 is 1. The van der Waals surface area contributed by atoms with E-state index in [1.54, 1.807) is 60.7 Å². The Kier molecular flexibility index (Phi) is 36.8. The number of rotatable bonds is 43. The van der Waals surface area contributed by atoms with E-state index in [9.17, 15) is 62.3 Å². The van der Waals surface area contributed by atoms with Crippen LogP contribution >= 0.6 is 15.6 Å². The third kappa shape index (κ3) is 33.1. The summed E-state index contributed by atoms with van der Waals surface area (Å²) in [6, 6.07) is 10.7. The van der Waals surface area contributed by atoms with Gasteiger partial charge in [-0.05, 0) is 68.9 Å². The van der Waals surface area contributed by atoms with E-state index in [0.717, 1.165) is 0 Å². The molecule has 0 spiro atoms. The van der Waals surface area contributed by atoms with Gasteiger partial charge in [0, 0.05) is 51.7 Å². The van der Waals surface area contributed by atoms with Crippen molar-refractivity contribution in [3.63, 3.8) is 0 Å². The zero-order valence-electron chi connectivity index (χ0n) is 51.1. The Labute approximate surface area is 514 Å². The Morgan fingerprint density at radius 1 is 0.460 bits per heavy atom. The van der Waals surface area contributed by atoms with Crippen molar-refractivity contribution in [2.75, 3.05) is 73.0 Å². The SMILES string of the molecule is [B]P(C)C(=O)CNC(=O)C(CC(C)C)NC(=O)C(Cc1ccccc1)NC(=O)CNC(=O)CCC(NC(=O)CCC(CC(C)=O)C(=O)NCC(=O)NCCOCCOC)C(=O)NC(Cc1ccccc1)C(=O)NC(CC(C)C)C(=O)NCC(=O)P([B])C. The monoisotopic (exact) mass is 1250 g/mol. The largest absolute Gasteiger partial charge is 0.382 e. The Hall–Kier alpha value is -6.94. The zero-order chi connectivity index (χ0) is 65.0. The van der Waals surface area contributed by atoms with Crippen molar-refractivity contribution < 1.29 is 71.8 Å². The number of carbonyl (C=O) groups excluding carboxylic acids is 13. The van der Waals surface area contributed by atoms with Gasteiger partial charge in [-0.25, -0.2) is 0 Å². The highest BCUT2D eigenvalue weighted by atomic mass is 31.1. The molecule has 0 aliphatic heterocycles. The molecule has 4 radical (unpaired) electrons. The van der Waals surface area contributed by atoms with E-state index in [1.807, 2.05) is 27.7 Å². The molecule has 8 atom stereocenters. The number of ketones is 1. The summed E-state index contributed by atoms with van der Waals surface area (Å²) in [7, 11) is 10.0. The molecule has 0 fully saturated rings. The van der Waals surface area contributed by atoms with E-state index in [4.69, 9.17) is 24.6 Å². The number of hydrogen-bond donors (Lipinski definition) is 10. The molecule has 0 bridgehead atoms. The van der Waals surface area contributed by atoms with Crippen LogP contribution in [0.25, 0.3) is 0 Å². The van der Waals surface area contributed by atoms with Gasteiger partial charge < -0.3 is 67.4 Å². The predicted molar refractivity (Wildman–Crippen MR) is 331 cm³/mol. The van der Waals surface area contributed by atoms with Crippen LogP contribution in [0.4, 0.5) is 0 Å². The lowest BCUT2D eigenvalue weighted by Crippen LogP contribution is -2.57. The first-order valence-corrected chi connectivity index (χ1v) is 32.4. The molecule has 10 amide bonds. The first-order chi connectivity index (χ1) is 41.2. The van der Waals surface area contributed by atoms with Crippen molar-refractivity contribution in [3.8, 4) is 0 Å². The molecule has 25 nitrogen and oxygen atoms in total. The predicted octanol–water partition coefficient (Wildman–Crippen LogP) is -0.169. The van der Waals surface area contributed by atoms with Crippen molar-refractivity contribution in [3.05, 3.63) is 71.8 Å². The summed E-state index contributed by atoms with van der Waals surface area (Å²) in [6.45, 7) is 10.8. The van der Waals surface area contributed by atoms with Crippen LogP contribution in [-0.2, 0) is 84.6 Å². The van der Waals surface area contributed by atoms with Crippen molar-refractivity contribution >= 4 is 107 Å². The van der Waals surface area contributed by atoms with Gasteiger partial charge in [0.05, 0.1) is 46.0 Å². The third-order valence-electron chi connectivity index (χ3n) is 13.0. The molecule has 0 heterocycles. The number of amides is 10. The molecule has 0 saturated carbocycles. The van der Waals surface area contributed by atoms with Gasteiger partial charge in [-0.3, -0.25) is 57.5 Å². The minimum Gasteiger partial charge on any atom is -0.382 e. The molecule has 8 unspecified atom stereocenters. The van der Waals surface area contributed by atoms with E-state index in [-0.39, 0.29) is 93.4 Å². The normalized spacial score (nSPS) is 13.8. The van der Waals surface area contributed by atoms with Crippen LogP contribution < -0.4 is 53.2 Å². The van der Waals surface area contributed by atoms with Crippen LogP contribution in [0.2, 0.25) is 0 Å². The van der Waals surface area contributed by atoms with Gasteiger partial charge in [0.25, 0.3) is 0 Å². The van der Waals surface area contributed by atoms with E-state index < -0.39 is 143 Å². The fraction of sp³-hybridized carbons (Fsp3) is 0.569. The smallest absolute Gasteiger partial charge is 0.243 e. The zero-order valence-corrected chi connectivity index (χ0v) is 52.9. The van der Waals surface area contributed by atoms with Crippen LogP contribution in [0.5, 0.6) is 0 Å². The van der Waals surface area contributed by atoms with Gasteiger partial charge in [0.1, 0.15) is 51.1 Å². The summed E-state index contributed by atoms with van der Waals surface area (Å²) < 4.78 is 10.2. The average Bonchev–Trinajstić information content (AvgIpc) is 3.62. The summed E-state index contributed by atoms with van der Waals surface area (Å²) in [5.74, 6) is -9.13. The fourth-order valence-electron chi connectivity index (χ4n) is 8.34. The minimum atomic E-state index is -1.57. The first-order valence-electron chi connectivity index (χ1n) is 28.7. The molecule has 87 heavy (non-hydrogen) atoms. The molecule has 474 valence electrons. The van der Waals surface area contributed by atoms with Crippen LogP contribution in [0.15, 0.2) is 60.7 Å². The molecule has 0 aliphatic carbocycles. The number of carbonyl (C=O) groups is 13. The van der Waals surface area contributed by atoms with Crippen LogP contribution in [0.3, 0.4) is 0 Å². The van der Waals surface area contributed by atoms with Crippen molar-refractivity contribution in [2.24, 2.45) is 17.8 Å². The summed E-state index contributed by atoms with van der Waals surface area (Å²) in [5.41, 5.74) is 0.477. The number of benzene rings is 2. The molecule has 2 aromatic carbocycles. The van der Waals surface area contributed by atoms with E-state index in [2.05, 4.69) is 53.2 Å². The van der Waals surface area contributed by atoms with Gasteiger partial charge >= 0.3 is 0 Å². The average molecular weight is 1250 g/mol. The number of Topliss-reactive ketones (excluding diaryl/α,β-unsaturated/α-hetero) is 1. The Bertz CT molecular complexity index is 2610. The summed E-state index contributed by atoms with van der Waals surface area (Å²) in [5, 5.41) is 25.8. The summed E-state index contributed by atoms with van der Waals surface area (Å²) in [4.78, 5) is 173. The maximum Gasteiger partial charge on any atom is 0.243 e. The highest BCUT2D eigenvalue weighted by Crippen LogP contribution is 2.24. The van der Waals surface area contributed by atoms with E-state index in [0.29, 0.717) is 24.3 Å². The third-order valence-corrected chi connectivity index (χ3v) is 14.8. The summed E-state index contributed by atoms with van der Waals surface area (Å²) >= 11 is 0. The van der Waals surface area contributed by atoms with Gasteiger partial charge in [-0.1, -0.05) is 104 Å².